The average molecular weight is 430 g/mol. The number of anilines is 1. The van der Waals surface area contributed by atoms with E-state index in [0.717, 1.165) is 29.2 Å². The van der Waals surface area contributed by atoms with E-state index in [4.69, 9.17) is 4.74 Å². The number of carbonyl (C=O) groups is 2. The number of ether oxygens (including phenoxy) is 1. The molecule has 6 nitrogen and oxygen atoms in total. The normalized spacial score (nSPS) is 27.9. The van der Waals surface area contributed by atoms with Gasteiger partial charge in [0, 0.05) is 22.4 Å². The third-order valence-electron chi connectivity index (χ3n) is 6.89. The molecule has 0 unspecified atom stereocenters. The highest BCUT2D eigenvalue weighted by Gasteiger charge is 2.41. The SMILES string of the molecule is CC1(C)Cc2c(sc(NC(=O)COC(=O)C[C@H]3C[C@@H]4CC[C@@H]3C4)c2C#N)C(C)(C)N1. The lowest BCUT2D eigenvalue weighted by Gasteiger charge is -2.42. The van der Waals surface area contributed by atoms with Crippen LogP contribution in [0.2, 0.25) is 0 Å². The van der Waals surface area contributed by atoms with Gasteiger partial charge >= 0.3 is 5.97 Å². The van der Waals surface area contributed by atoms with Gasteiger partial charge in [0.25, 0.3) is 5.91 Å². The maximum Gasteiger partial charge on any atom is 0.306 e. The summed E-state index contributed by atoms with van der Waals surface area (Å²) in [6, 6.07) is 2.27. The Hall–Kier alpha value is -1.91. The van der Waals surface area contributed by atoms with Crippen molar-refractivity contribution in [1.29, 1.82) is 5.26 Å². The summed E-state index contributed by atoms with van der Waals surface area (Å²) in [5.74, 6) is 1.19. The van der Waals surface area contributed by atoms with Crippen LogP contribution in [-0.2, 0) is 26.3 Å². The quantitative estimate of drug-likeness (QED) is 0.688. The first-order chi connectivity index (χ1) is 14.1. The van der Waals surface area contributed by atoms with Crippen LogP contribution in [0.1, 0.15) is 75.8 Å². The van der Waals surface area contributed by atoms with Gasteiger partial charge in [0.1, 0.15) is 11.1 Å². The Morgan fingerprint density at radius 1 is 1.27 bits per heavy atom. The molecule has 30 heavy (non-hydrogen) atoms. The molecule has 0 aromatic carbocycles. The van der Waals surface area contributed by atoms with Crippen molar-refractivity contribution < 1.29 is 14.3 Å². The Bertz CT molecular complexity index is 912. The van der Waals surface area contributed by atoms with E-state index in [2.05, 4.69) is 44.4 Å². The molecule has 2 heterocycles. The lowest BCUT2D eigenvalue weighted by atomic mass is 9.81. The third kappa shape index (κ3) is 4.13. The summed E-state index contributed by atoms with van der Waals surface area (Å²) in [6.45, 7) is 8.11. The van der Waals surface area contributed by atoms with Crippen LogP contribution in [0, 0.1) is 29.1 Å². The number of carbonyl (C=O) groups excluding carboxylic acids is 2. The van der Waals surface area contributed by atoms with E-state index in [9.17, 15) is 14.9 Å². The number of nitriles is 1. The summed E-state index contributed by atoms with van der Waals surface area (Å²) in [5.41, 5.74) is 1.10. The summed E-state index contributed by atoms with van der Waals surface area (Å²) in [6.07, 6.45) is 6.04. The van der Waals surface area contributed by atoms with Crippen LogP contribution >= 0.6 is 11.3 Å². The zero-order valence-electron chi connectivity index (χ0n) is 18.3. The first-order valence-electron chi connectivity index (χ1n) is 10.9. The topological polar surface area (TPSA) is 91.2 Å². The van der Waals surface area contributed by atoms with Gasteiger partial charge in [-0.3, -0.25) is 9.59 Å². The van der Waals surface area contributed by atoms with Crippen molar-refractivity contribution in [3.05, 3.63) is 16.0 Å². The van der Waals surface area contributed by atoms with Gasteiger partial charge in [0.05, 0.1) is 5.56 Å². The van der Waals surface area contributed by atoms with E-state index in [0.29, 0.717) is 28.8 Å². The predicted octanol–water partition coefficient (Wildman–Crippen LogP) is 4.09. The van der Waals surface area contributed by atoms with E-state index in [1.165, 1.54) is 30.6 Å². The van der Waals surface area contributed by atoms with Crippen molar-refractivity contribution in [1.82, 2.24) is 5.32 Å². The molecule has 1 aromatic rings. The number of hydrogen-bond donors (Lipinski definition) is 2. The number of nitrogens with zero attached hydrogens (tertiary/aromatic N) is 1. The number of rotatable bonds is 5. The fraction of sp³-hybridized carbons (Fsp3) is 0.696. The second-order valence-electron chi connectivity index (χ2n) is 10.4. The van der Waals surface area contributed by atoms with Crippen LogP contribution in [0.4, 0.5) is 5.00 Å². The molecule has 7 heteroatoms. The maximum absolute atomic E-state index is 12.4. The summed E-state index contributed by atoms with van der Waals surface area (Å²) in [4.78, 5) is 25.7. The largest absolute Gasteiger partial charge is 0.456 e. The van der Waals surface area contributed by atoms with E-state index >= 15 is 0 Å². The molecule has 3 atom stereocenters. The van der Waals surface area contributed by atoms with Gasteiger partial charge in [-0.1, -0.05) is 6.42 Å². The lowest BCUT2D eigenvalue weighted by molar-refractivity contribution is -0.148. The maximum atomic E-state index is 12.4. The molecule has 1 aliphatic heterocycles. The average Bonchev–Trinajstić information content (AvgIpc) is 3.33. The van der Waals surface area contributed by atoms with Crippen LogP contribution in [0.15, 0.2) is 0 Å². The molecule has 1 aromatic heterocycles. The zero-order chi connectivity index (χ0) is 21.7. The first kappa shape index (κ1) is 21.3. The minimum atomic E-state index is -0.392. The Morgan fingerprint density at radius 3 is 2.67 bits per heavy atom. The monoisotopic (exact) mass is 429 g/mol. The van der Waals surface area contributed by atoms with Crippen molar-refractivity contribution >= 4 is 28.2 Å². The van der Waals surface area contributed by atoms with Crippen molar-refractivity contribution in [2.45, 2.75) is 77.3 Å². The fourth-order valence-electron chi connectivity index (χ4n) is 5.94. The summed E-state index contributed by atoms with van der Waals surface area (Å²) >= 11 is 1.43. The van der Waals surface area contributed by atoms with E-state index < -0.39 is 5.91 Å². The third-order valence-corrected chi connectivity index (χ3v) is 8.36. The lowest BCUT2D eigenvalue weighted by Crippen LogP contribution is -2.54. The van der Waals surface area contributed by atoms with Gasteiger partial charge in [-0.05, 0) is 76.7 Å². The Labute approximate surface area is 182 Å². The highest BCUT2D eigenvalue weighted by molar-refractivity contribution is 7.17. The molecule has 2 bridgehead atoms. The van der Waals surface area contributed by atoms with Crippen molar-refractivity contribution in [3.8, 4) is 6.07 Å². The standard InChI is InChI=1S/C23H31N3O3S/c1-22(2)10-16-17(11-24)21(30-20(16)23(3,4)26-22)25-18(27)12-29-19(28)9-15-8-13-5-6-14(15)7-13/h13-15,26H,5-10,12H2,1-4H3,(H,25,27)/t13-,14-,15-/m1/s1. The number of nitrogens with one attached hydrogen (secondary N) is 2. The zero-order valence-corrected chi connectivity index (χ0v) is 19.1. The highest BCUT2D eigenvalue weighted by Crippen LogP contribution is 2.49. The molecule has 2 aliphatic carbocycles. The predicted molar refractivity (Wildman–Crippen MR) is 116 cm³/mol. The summed E-state index contributed by atoms with van der Waals surface area (Å²) in [5, 5.41) is 16.7. The second-order valence-corrected chi connectivity index (χ2v) is 11.4. The second kappa shape index (κ2) is 7.65. The van der Waals surface area contributed by atoms with Gasteiger partial charge in [-0.25, -0.2) is 0 Å². The van der Waals surface area contributed by atoms with E-state index in [1.807, 2.05) is 0 Å². The number of esters is 1. The molecule has 2 saturated carbocycles. The number of fused-ring (bicyclic) bond motifs is 3. The first-order valence-corrected chi connectivity index (χ1v) is 11.7. The van der Waals surface area contributed by atoms with Gasteiger partial charge in [0.15, 0.2) is 6.61 Å². The van der Waals surface area contributed by atoms with E-state index in [1.54, 1.807) is 0 Å². The van der Waals surface area contributed by atoms with Gasteiger partial charge in [-0.15, -0.1) is 11.3 Å². The number of hydrogen-bond acceptors (Lipinski definition) is 6. The highest BCUT2D eigenvalue weighted by atomic mass is 32.1. The number of thiophene rings is 1. The van der Waals surface area contributed by atoms with Crippen LogP contribution in [0.25, 0.3) is 0 Å². The van der Waals surface area contributed by atoms with Crippen LogP contribution in [-0.4, -0.2) is 24.0 Å². The molecule has 0 spiro atoms. The minimum absolute atomic E-state index is 0.139. The minimum Gasteiger partial charge on any atom is -0.456 e. The van der Waals surface area contributed by atoms with Crippen molar-refractivity contribution in [2.75, 3.05) is 11.9 Å². The molecule has 162 valence electrons. The van der Waals surface area contributed by atoms with Crippen LogP contribution in [0.5, 0.6) is 0 Å². The number of amides is 1. The molecular weight excluding hydrogens is 398 g/mol. The van der Waals surface area contributed by atoms with Crippen molar-refractivity contribution in [2.24, 2.45) is 17.8 Å². The molecular formula is C23H31N3O3S. The van der Waals surface area contributed by atoms with Gasteiger partial charge in [0.2, 0.25) is 0 Å². The molecule has 0 saturated heterocycles. The van der Waals surface area contributed by atoms with Crippen LogP contribution in [0.3, 0.4) is 0 Å². The molecule has 4 rings (SSSR count). The smallest absolute Gasteiger partial charge is 0.306 e. The molecule has 2 N–H and O–H groups in total. The Balaban J connectivity index is 1.37. The van der Waals surface area contributed by atoms with Crippen molar-refractivity contribution in [3.63, 3.8) is 0 Å². The summed E-state index contributed by atoms with van der Waals surface area (Å²) < 4.78 is 5.25. The van der Waals surface area contributed by atoms with Gasteiger partial charge in [-0.2, -0.15) is 5.26 Å². The van der Waals surface area contributed by atoms with E-state index in [-0.39, 0.29) is 23.7 Å². The Kier molecular flexibility index (Phi) is 5.44. The molecule has 2 fully saturated rings. The van der Waals surface area contributed by atoms with Gasteiger partial charge < -0.3 is 15.4 Å². The molecule has 1 amide bonds. The fourth-order valence-corrected chi connectivity index (χ4v) is 7.19. The molecule has 3 aliphatic rings. The Morgan fingerprint density at radius 2 is 2.03 bits per heavy atom. The molecule has 0 radical (unpaired) electrons. The van der Waals surface area contributed by atoms with Crippen LogP contribution < -0.4 is 10.6 Å². The summed E-state index contributed by atoms with van der Waals surface area (Å²) in [7, 11) is 0.